The molecular formula is C10H20FN. The molecule has 1 fully saturated rings. The van der Waals surface area contributed by atoms with E-state index in [9.17, 15) is 4.39 Å². The van der Waals surface area contributed by atoms with Crippen LogP contribution in [0.25, 0.3) is 0 Å². The lowest BCUT2D eigenvalue weighted by molar-refractivity contribution is 0.127. The van der Waals surface area contributed by atoms with Crippen molar-refractivity contribution in [2.24, 2.45) is 11.3 Å². The minimum Gasteiger partial charge on any atom is -0.316 e. The third kappa shape index (κ3) is 3.53. The molecule has 1 rings (SSSR count). The molecule has 0 aromatic heterocycles. The number of hydrogen-bond donors (Lipinski definition) is 1. The third-order valence-corrected chi connectivity index (χ3v) is 2.27. The zero-order valence-corrected chi connectivity index (χ0v) is 8.36. The van der Waals surface area contributed by atoms with E-state index >= 15 is 0 Å². The van der Waals surface area contributed by atoms with Crippen molar-refractivity contribution in [1.29, 1.82) is 0 Å². The van der Waals surface area contributed by atoms with Crippen LogP contribution in [0.5, 0.6) is 0 Å². The lowest BCUT2D eigenvalue weighted by Gasteiger charge is -2.31. The molecule has 0 spiro atoms. The van der Waals surface area contributed by atoms with Gasteiger partial charge in [0.1, 0.15) is 6.17 Å². The van der Waals surface area contributed by atoms with Gasteiger partial charge >= 0.3 is 0 Å². The van der Waals surface area contributed by atoms with Crippen LogP contribution in [0.2, 0.25) is 0 Å². The Hall–Kier alpha value is -0.110. The molecule has 1 saturated carbocycles. The van der Waals surface area contributed by atoms with Crippen LogP contribution in [0, 0.1) is 11.3 Å². The van der Waals surface area contributed by atoms with Gasteiger partial charge in [0.15, 0.2) is 0 Å². The summed E-state index contributed by atoms with van der Waals surface area (Å²) in [6.45, 7) is 8.65. The minimum absolute atomic E-state index is 0.346. The molecule has 1 nitrogen and oxygen atoms in total. The summed E-state index contributed by atoms with van der Waals surface area (Å²) in [5.41, 5.74) is 0.346. The van der Waals surface area contributed by atoms with Gasteiger partial charge in [0, 0.05) is 0 Å². The standard InChI is InChI=1S/C10H20FN/c1-10(2,3)7-12-6-8-4-9(11)5-8/h8-9,12H,4-7H2,1-3H3. The summed E-state index contributed by atoms with van der Waals surface area (Å²) < 4.78 is 12.4. The maximum Gasteiger partial charge on any atom is 0.101 e. The second-order valence-electron chi connectivity index (χ2n) is 5.13. The highest BCUT2D eigenvalue weighted by atomic mass is 19.1. The van der Waals surface area contributed by atoms with Crippen LogP contribution < -0.4 is 5.32 Å². The molecule has 0 aliphatic heterocycles. The van der Waals surface area contributed by atoms with Gasteiger partial charge in [0.2, 0.25) is 0 Å². The first-order valence-corrected chi connectivity index (χ1v) is 4.82. The molecule has 2 heteroatoms. The van der Waals surface area contributed by atoms with Crippen molar-refractivity contribution in [2.75, 3.05) is 13.1 Å². The molecule has 1 N–H and O–H groups in total. The van der Waals surface area contributed by atoms with Gasteiger partial charge in [-0.3, -0.25) is 0 Å². The van der Waals surface area contributed by atoms with Crippen LogP contribution in [0.1, 0.15) is 33.6 Å². The van der Waals surface area contributed by atoms with Crippen molar-refractivity contribution >= 4 is 0 Å². The number of nitrogens with one attached hydrogen (secondary N) is 1. The summed E-state index contributed by atoms with van der Waals surface area (Å²) in [4.78, 5) is 0. The zero-order chi connectivity index (χ0) is 9.19. The minimum atomic E-state index is -0.508. The van der Waals surface area contributed by atoms with Crippen molar-refractivity contribution < 1.29 is 4.39 Å². The van der Waals surface area contributed by atoms with Crippen LogP contribution in [-0.4, -0.2) is 19.3 Å². The normalized spacial score (nSPS) is 30.0. The maximum atomic E-state index is 12.4. The molecule has 12 heavy (non-hydrogen) atoms. The Morgan fingerprint density at radius 2 is 1.92 bits per heavy atom. The zero-order valence-electron chi connectivity index (χ0n) is 8.36. The molecular weight excluding hydrogens is 153 g/mol. The van der Waals surface area contributed by atoms with Crippen molar-refractivity contribution in [3.05, 3.63) is 0 Å². The molecule has 1 aliphatic rings. The number of halogens is 1. The fourth-order valence-electron chi connectivity index (χ4n) is 1.47. The Balaban J connectivity index is 1.97. The van der Waals surface area contributed by atoms with Crippen molar-refractivity contribution in [1.82, 2.24) is 5.32 Å². The van der Waals surface area contributed by atoms with Crippen LogP contribution >= 0.6 is 0 Å². The Labute approximate surface area is 74.7 Å². The molecule has 72 valence electrons. The highest BCUT2D eigenvalue weighted by Crippen LogP contribution is 2.29. The van der Waals surface area contributed by atoms with E-state index in [0.29, 0.717) is 11.3 Å². The lowest BCUT2D eigenvalue weighted by atomic mass is 9.83. The van der Waals surface area contributed by atoms with Crippen molar-refractivity contribution in [3.8, 4) is 0 Å². The first-order chi connectivity index (χ1) is 5.47. The van der Waals surface area contributed by atoms with Crippen molar-refractivity contribution in [3.63, 3.8) is 0 Å². The van der Waals surface area contributed by atoms with E-state index in [1.807, 2.05) is 0 Å². The van der Waals surface area contributed by atoms with Crippen LogP contribution in [-0.2, 0) is 0 Å². The van der Waals surface area contributed by atoms with Gasteiger partial charge in [-0.1, -0.05) is 20.8 Å². The fraction of sp³-hybridized carbons (Fsp3) is 1.00. The number of hydrogen-bond acceptors (Lipinski definition) is 1. The van der Waals surface area contributed by atoms with Crippen molar-refractivity contribution in [2.45, 2.75) is 39.8 Å². The molecule has 0 radical (unpaired) electrons. The molecule has 0 bridgehead atoms. The van der Waals surface area contributed by atoms with Crippen LogP contribution in [0.4, 0.5) is 4.39 Å². The van der Waals surface area contributed by atoms with E-state index in [4.69, 9.17) is 0 Å². The highest BCUT2D eigenvalue weighted by molar-refractivity contribution is 4.81. The number of alkyl halides is 1. The Morgan fingerprint density at radius 1 is 1.33 bits per heavy atom. The van der Waals surface area contributed by atoms with Gasteiger partial charge in [-0.25, -0.2) is 4.39 Å². The van der Waals surface area contributed by atoms with E-state index in [2.05, 4.69) is 26.1 Å². The first kappa shape index (κ1) is 9.97. The third-order valence-electron chi connectivity index (χ3n) is 2.27. The topological polar surface area (TPSA) is 12.0 Å². The second-order valence-corrected chi connectivity index (χ2v) is 5.13. The predicted molar refractivity (Wildman–Crippen MR) is 49.9 cm³/mol. The van der Waals surface area contributed by atoms with Gasteiger partial charge in [-0.05, 0) is 37.3 Å². The highest BCUT2D eigenvalue weighted by Gasteiger charge is 2.28. The van der Waals surface area contributed by atoms with Crippen LogP contribution in [0.15, 0.2) is 0 Å². The average Bonchev–Trinajstić information content (AvgIpc) is 1.81. The largest absolute Gasteiger partial charge is 0.316 e. The van der Waals surface area contributed by atoms with E-state index in [-0.39, 0.29) is 0 Å². The smallest absolute Gasteiger partial charge is 0.101 e. The van der Waals surface area contributed by atoms with E-state index in [1.165, 1.54) is 0 Å². The van der Waals surface area contributed by atoms with E-state index in [0.717, 1.165) is 25.9 Å². The summed E-state index contributed by atoms with van der Waals surface area (Å²) in [5.74, 6) is 0.599. The monoisotopic (exact) mass is 173 g/mol. The Morgan fingerprint density at radius 3 is 2.33 bits per heavy atom. The first-order valence-electron chi connectivity index (χ1n) is 4.82. The Bertz CT molecular complexity index is 133. The summed E-state index contributed by atoms with van der Waals surface area (Å²) in [7, 11) is 0. The summed E-state index contributed by atoms with van der Waals surface area (Å²) in [6.07, 6.45) is 1.04. The van der Waals surface area contributed by atoms with Gasteiger partial charge in [-0.2, -0.15) is 0 Å². The molecule has 0 aromatic carbocycles. The molecule has 0 saturated heterocycles. The van der Waals surface area contributed by atoms with Gasteiger partial charge in [0.25, 0.3) is 0 Å². The lowest BCUT2D eigenvalue weighted by Crippen LogP contribution is -2.37. The maximum absolute atomic E-state index is 12.4. The average molecular weight is 173 g/mol. The molecule has 0 atom stereocenters. The van der Waals surface area contributed by atoms with E-state index in [1.54, 1.807) is 0 Å². The van der Waals surface area contributed by atoms with E-state index < -0.39 is 6.17 Å². The summed E-state index contributed by atoms with van der Waals surface area (Å²) in [5, 5.41) is 3.38. The SMILES string of the molecule is CC(C)(C)CNCC1CC(F)C1. The summed E-state index contributed by atoms with van der Waals surface area (Å²) >= 11 is 0. The molecule has 1 aliphatic carbocycles. The summed E-state index contributed by atoms with van der Waals surface area (Å²) in [6, 6.07) is 0. The molecule has 0 heterocycles. The second kappa shape index (κ2) is 3.73. The van der Waals surface area contributed by atoms with Gasteiger partial charge in [0.05, 0.1) is 0 Å². The fourth-order valence-corrected chi connectivity index (χ4v) is 1.47. The quantitative estimate of drug-likeness (QED) is 0.691. The number of rotatable bonds is 3. The molecule has 0 aromatic rings. The predicted octanol–water partition coefficient (Wildman–Crippen LogP) is 2.37. The van der Waals surface area contributed by atoms with Gasteiger partial charge < -0.3 is 5.32 Å². The van der Waals surface area contributed by atoms with Crippen LogP contribution in [0.3, 0.4) is 0 Å². The van der Waals surface area contributed by atoms with Gasteiger partial charge in [-0.15, -0.1) is 0 Å². The molecule has 0 amide bonds. The molecule has 0 unspecified atom stereocenters. The Kier molecular flexibility index (Phi) is 3.10.